The van der Waals surface area contributed by atoms with E-state index in [0.717, 1.165) is 6.92 Å². The number of hydrogen-bond acceptors (Lipinski definition) is 8. The number of rotatable bonds is 5. The van der Waals surface area contributed by atoms with Crippen LogP contribution in [0.5, 0.6) is 0 Å². The number of ether oxygens (including phenoxy) is 3. The second-order valence-corrected chi connectivity index (χ2v) is 10.8. The fourth-order valence-corrected chi connectivity index (χ4v) is 7.90. The van der Waals surface area contributed by atoms with Crippen LogP contribution in [0.1, 0.15) is 70.6 Å². The maximum absolute atomic E-state index is 14.1. The van der Waals surface area contributed by atoms with Crippen molar-refractivity contribution >= 4 is 17.5 Å². The van der Waals surface area contributed by atoms with E-state index in [1.807, 2.05) is 6.92 Å². The number of Topliss-reactive ketones (excluding diaryl/α,β-unsaturated/α-hetero) is 1. The van der Waals surface area contributed by atoms with Gasteiger partial charge in [0.15, 0.2) is 24.3 Å². The summed E-state index contributed by atoms with van der Waals surface area (Å²) in [5, 5.41) is 23.0. The first-order valence-electron chi connectivity index (χ1n) is 15.9. The summed E-state index contributed by atoms with van der Waals surface area (Å²) in [6.45, 7) is 0.0897. The highest BCUT2D eigenvalue weighted by molar-refractivity contribution is 6.01. The first kappa shape index (κ1) is 16.8. The highest BCUT2D eigenvalue weighted by Crippen LogP contribution is 2.69. The molecule has 5 rings (SSSR count). The molecule has 5 aliphatic rings. The van der Waals surface area contributed by atoms with Gasteiger partial charge in [-0.25, -0.2) is 0 Å². The van der Waals surface area contributed by atoms with E-state index in [1.165, 1.54) is 12.2 Å². The number of allylic oxidation sites excluding steroid dienone is 3. The van der Waals surface area contributed by atoms with Crippen molar-refractivity contribution < 1.29 is 49.8 Å². The molecule has 192 valence electrons. The predicted molar refractivity (Wildman–Crippen MR) is 124 cm³/mol. The van der Waals surface area contributed by atoms with Gasteiger partial charge in [-0.2, -0.15) is 0 Å². The summed E-state index contributed by atoms with van der Waals surface area (Å²) in [5.74, 6) is -3.54. The number of ketones is 2. The third-order valence-corrected chi connectivity index (χ3v) is 9.16. The molecule has 1 unspecified atom stereocenters. The molecule has 0 spiro atoms. The first-order chi connectivity index (χ1) is 19.5. The van der Waals surface area contributed by atoms with Gasteiger partial charge in [-0.05, 0) is 55.2 Å². The molecule has 0 amide bonds. The van der Waals surface area contributed by atoms with Gasteiger partial charge in [0.05, 0.1) is 19.7 Å². The molecule has 4 fully saturated rings. The maximum atomic E-state index is 14.1. The average Bonchev–Trinajstić information content (AvgIpc) is 3.31. The lowest BCUT2D eigenvalue weighted by Gasteiger charge is -2.60. The Morgan fingerprint density at radius 1 is 1.34 bits per heavy atom. The summed E-state index contributed by atoms with van der Waals surface area (Å²) in [4.78, 5) is 37.9. The van der Waals surface area contributed by atoms with Crippen molar-refractivity contribution in [3.8, 4) is 0 Å². The van der Waals surface area contributed by atoms with Crippen molar-refractivity contribution in [1.82, 2.24) is 0 Å². The smallest absolute Gasteiger partial charge is 0.303 e. The molecule has 8 heteroatoms. The molecule has 4 aliphatic carbocycles. The normalized spacial score (nSPS) is 54.5. The van der Waals surface area contributed by atoms with E-state index >= 15 is 0 Å². The van der Waals surface area contributed by atoms with E-state index in [9.17, 15) is 24.6 Å². The van der Waals surface area contributed by atoms with E-state index in [2.05, 4.69) is 0 Å². The van der Waals surface area contributed by atoms with Crippen LogP contribution in [0.4, 0.5) is 0 Å². The molecule has 1 saturated heterocycles. The van der Waals surface area contributed by atoms with Gasteiger partial charge >= 0.3 is 5.97 Å². The van der Waals surface area contributed by atoms with E-state index in [1.54, 1.807) is 13.0 Å². The van der Waals surface area contributed by atoms with Crippen LogP contribution < -0.4 is 0 Å². The van der Waals surface area contributed by atoms with Crippen molar-refractivity contribution in [3.05, 3.63) is 23.8 Å². The van der Waals surface area contributed by atoms with Crippen molar-refractivity contribution in [2.45, 2.75) is 89.8 Å². The summed E-state index contributed by atoms with van der Waals surface area (Å²) in [6.07, 6.45) is -9.90. The van der Waals surface area contributed by atoms with Gasteiger partial charge in [0.25, 0.3) is 0 Å². The average molecular weight is 497 g/mol. The van der Waals surface area contributed by atoms with Gasteiger partial charge in [-0.1, -0.05) is 33.1 Å². The summed E-state index contributed by atoms with van der Waals surface area (Å²) < 4.78 is 81.6. The molecular weight excluding hydrogens is 452 g/mol. The van der Waals surface area contributed by atoms with Gasteiger partial charge in [-0.15, -0.1) is 0 Å². The lowest BCUT2D eigenvalue weighted by atomic mass is 9.45. The van der Waals surface area contributed by atoms with Crippen LogP contribution in [-0.4, -0.2) is 64.5 Å². The highest BCUT2D eigenvalue weighted by atomic mass is 16.7. The molecule has 8 nitrogen and oxygen atoms in total. The van der Waals surface area contributed by atoms with E-state index < -0.39 is 96.7 Å². The number of fused-ring (bicyclic) bond motifs is 7. The number of carbonyl (C=O) groups is 3. The Balaban J connectivity index is 1.62. The number of aliphatic hydroxyl groups excluding tert-OH is 2. The van der Waals surface area contributed by atoms with E-state index in [0.29, 0.717) is 5.57 Å². The Morgan fingerprint density at radius 2 is 2.11 bits per heavy atom. The van der Waals surface area contributed by atoms with Crippen molar-refractivity contribution in [2.75, 3.05) is 6.61 Å². The number of carbonyl (C=O) groups excluding carboxylic acids is 3. The molecule has 0 aromatic heterocycles. The molecule has 0 aromatic carbocycles. The minimum absolute atomic E-state index is 0.0475. The first-order valence-corrected chi connectivity index (χ1v) is 11.9. The zero-order valence-electron chi connectivity index (χ0n) is 27.9. The largest absolute Gasteiger partial charge is 0.458 e. The summed E-state index contributed by atoms with van der Waals surface area (Å²) in [6, 6.07) is 0. The third kappa shape index (κ3) is 3.36. The minimum Gasteiger partial charge on any atom is -0.458 e. The molecule has 3 saturated carbocycles. The van der Waals surface area contributed by atoms with Gasteiger partial charge in [-0.3, -0.25) is 14.4 Å². The zero-order chi connectivity index (χ0) is 32.3. The van der Waals surface area contributed by atoms with E-state index in [-0.39, 0.29) is 25.0 Å². The minimum atomic E-state index is -3.66. The van der Waals surface area contributed by atoms with Gasteiger partial charge in [0.2, 0.25) is 5.78 Å². The molecule has 10 atom stereocenters. The second-order valence-electron chi connectivity index (χ2n) is 10.8. The number of aliphatic hydroxyl groups is 2. The molecular formula is C27H36O8. The van der Waals surface area contributed by atoms with Crippen molar-refractivity contribution in [2.24, 2.45) is 28.6 Å². The van der Waals surface area contributed by atoms with Crippen molar-refractivity contribution in [1.29, 1.82) is 0 Å². The SMILES string of the molecule is [2H]C([2H])([2H])C([2H])([2H])C([2H])([2H])C1([2H])O[C@@H]2C[C@H]3[C@@H]4C[C@@H](O)C5=CC(=O)C=C[C@]5(C)[C@H]4[C@@H](O)C[C@]3(C)[C@]2(C(=O)COC(C)=O)O1. The Morgan fingerprint density at radius 3 is 2.83 bits per heavy atom. The van der Waals surface area contributed by atoms with Crippen LogP contribution in [0.15, 0.2) is 23.8 Å². The van der Waals surface area contributed by atoms with Gasteiger partial charge in [0.1, 0.15) is 0 Å². The molecule has 2 N–H and O–H groups in total. The van der Waals surface area contributed by atoms with Crippen LogP contribution in [0.25, 0.3) is 0 Å². The van der Waals surface area contributed by atoms with Crippen LogP contribution in [0.3, 0.4) is 0 Å². The Hall–Kier alpha value is -1.87. The van der Waals surface area contributed by atoms with Gasteiger partial charge < -0.3 is 24.4 Å². The highest BCUT2D eigenvalue weighted by Gasteiger charge is 2.76. The van der Waals surface area contributed by atoms with Gasteiger partial charge in [0, 0.05) is 33.3 Å². The quantitative estimate of drug-likeness (QED) is 0.557. The third-order valence-electron chi connectivity index (χ3n) is 9.16. The van der Waals surface area contributed by atoms with Crippen molar-refractivity contribution in [3.63, 3.8) is 0 Å². The topological polar surface area (TPSA) is 119 Å². The van der Waals surface area contributed by atoms with E-state index in [4.69, 9.17) is 25.2 Å². The predicted octanol–water partition coefficient (Wildman–Crippen LogP) is 2.26. The molecule has 35 heavy (non-hydrogen) atoms. The monoisotopic (exact) mass is 496 g/mol. The summed E-state index contributed by atoms with van der Waals surface area (Å²) in [7, 11) is 0. The number of esters is 1. The number of hydrogen-bond donors (Lipinski definition) is 2. The molecule has 1 aliphatic heterocycles. The Labute approximate surface area is 216 Å². The lowest BCUT2D eigenvalue weighted by molar-refractivity contribution is -0.204. The molecule has 0 aromatic rings. The standard InChI is InChI=1S/C27H36O8/c1-5-6-23-34-22-11-17-16-10-19(30)18-9-15(29)7-8-25(18,3)24(16)20(31)12-26(17,4)27(22,35-23)21(32)13-33-14(2)28/h7-9,16-17,19-20,22-24,30-31H,5-6,10-13H2,1-4H3/t16-,17-,19+,20-,22+,23?,24+,25-,26-,27+/m0/s1/i1D3,5D2,6D2,23D. The Kier molecular flexibility index (Phi) is 4.00. The fourth-order valence-electron chi connectivity index (χ4n) is 7.90. The zero-order valence-corrected chi connectivity index (χ0v) is 19.9. The van der Waals surface area contributed by atoms with Crippen LogP contribution in [0.2, 0.25) is 0 Å². The fraction of sp³-hybridized carbons (Fsp3) is 0.741. The molecule has 1 heterocycles. The maximum Gasteiger partial charge on any atom is 0.303 e. The van der Waals surface area contributed by atoms with Crippen LogP contribution in [0, 0.1) is 28.6 Å². The van der Waals surface area contributed by atoms with Crippen LogP contribution >= 0.6 is 0 Å². The summed E-state index contributed by atoms with van der Waals surface area (Å²) >= 11 is 0. The lowest BCUT2D eigenvalue weighted by Crippen LogP contribution is -2.64. The second kappa shape index (κ2) is 8.33. The molecule has 0 bridgehead atoms. The molecule has 0 radical (unpaired) electrons. The Bertz CT molecular complexity index is 1310. The van der Waals surface area contributed by atoms with Crippen LogP contribution in [-0.2, 0) is 28.6 Å². The summed E-state index contributed by atoms with van der Waals surface area (Å²) in [5.41, 5.74) is -4.11.